The number of rotatable bonds is 1. The molecule has 2 nitrogen and oxygen atoms in total. The Balaban J connectivity index is 2.60. The quantitative estimate of drug-likeness (QED) is 0.682. The summed E-state index contributed by atoms with van der Waals surface area (Å²) in [6.45, 7) is 4.31. The molecule has 2 aromatic heterocycles. The van der Waals surface area contributed by atoms with Crippen molar-refractivity contribution in [3.63, 3.8) is 0 Å². The van der Waals surface area contributed by atoms with Crippen molar-refractivity contribution < 1.29 is 0 Å². The minimum absolute atomic E-state index is 0.504. The van der Waals surface area contributed by atoms with Crippen molar-refractivity contribution in [2.75, 3.05) is 0 Å². The van der Waals surface area contributed by atoms with Crippen LogP contribution in [0.2, 0.25) is 0 Å². The minimum atomic E-state index is 0.504. The fourth-order valence-corrected chi connectivity index (χ4v) is 1.27. The molecule has 0 spiro atoms. The van der Waals surface area contributed by atoms with Gasteiger partial charge in [-0.25, -0.2) is 0 Å². The SMILES string of the molecule is CC(C)c1ccc2[nH]ccc2n1. The lowest BCUT2D eigenvalue weighted by atomic mass is 10.1. The topological polar surface area (TPSA) is 28.7 Å². The van der Waals surface area contributed by atoms with E-state index in [1.165, 1.54) is 0 Å². The maximum atomic E-state index is 4.50. The number of aromatic nitrogens is 2. The highest BCUT2D eigenvalue weighted by Gasteiger charge is 2.01. The number of fused-ring (bicyclic) bond motifs is 1. The van der Waals surface area contributed by atoms with Crippen molar-refractivity contribution in [2.45, 2.75) is 19.8 Å². The molecule has 0 bridgehead atoms. The van der Waals surface area contributed by atoms with Crippen molar-refractivity contribution in [3.05, 3.63) is 30.1 Å². The summed E-state index contributed by atoms with van der Waals surface area (Å²) in [5.41, 5.74) is 3.32. The number of hydrogen-bond acceptors (Lipinski definition) is 1. The van der Waals surface area contributed by atoms with Crippen LogP contribution >= 0.6 is 0 Å². The van der Waals surface area contributed by atoms with Crippen molar-refractivity contribution >= 4 is 11.0 Å². The number of H-pyrrole nitrogens is 1. The second-order valence-corrected chi connectivity index (χ2v) is 3.30. The molecule has 0 saturated heterocycles. The van der Waals surface area contributed by atoms with Crippen LogP contribution in [0.25, 0.3) is 11.0 Å². The summed E-state index contributed by atoms with van der Waals surface area (Å²) >= 11 is 0. The van der Waals surface area contributed by atoms with E-state index in [1.54, 1.807) is 0 Å². The zero-order valence-corrected chi connectivity index (χ0v) is 7.33. The normalized spacial score (nSPS) is 11.2. The lowest BCUT2D eigenvalue weighted by Crippen LogP contribution is -1.90. The Morgan fingerprint density at radius 3 is 2.83 bits per heavy atom. The van der Waals surface area contributed by atoms with E-state index in [0.29, 0.717) is 5.92 Å². The van der Waals surface area contributed by atoms with Crippen molar-refractivity contribution in [1.29, 1.82) is 0 Å². The second kappa shape index (κ2) is 2.63. The summed E-state index contributed by atoms with van der Waals surface area (Å²) in [6, 6.07) is 6.16. The zero-order valence-electron chi connectivity index (χ0n) is 7.33. The number of pyridine rings is 1. The van der Waals surface area contributed by atoms with Crippen molar-refractivity contribution in [2.24, 2.45) is 0 Å². The van der Waals surface area contributed by atoms with Gasteiger partial charge in [0.1, 0.15) is 0 Å². The Labute approximate surface area is 71.6 Å². The van der Waals surface area contributed by atoms with Gasteiger partial charge in [0.25, 0.3) is 0 Å². The molecule has 62 valence electrons. The smallest absolute Gasteiger partial charge is 0.0882 e. The molecular weight excluding hydrogens is 148 g/mol. The average molecular weight is 160 g/mol. The molecule has 2 rings (SSSR count). The van der Waals surface area contributed by atoms with Gasteiger partial charge in [0, 0.05) is 11.9 Å². The monoisotopic (exact) mass is 160 g/mol. The Bertz CT molecular complexity index is 387. The van der Waals surface area contributed by atoms with Crippen molar-refractivity contribution in [1.82, 2.24) is 9.97 Å². The van der Waals surface area contributed by atoms with Gasteiger partial charge in [-0.3, -0.25) is 4.98 Å². The Morgan fingerprint density at radius 1 is 1.25 bits per heavy atom. The second-order valence-electron chi connectivity index (χ2n) is 3.30. The molecule has 12 heavy (non-hydrogen) atoms. The van der Waals surface area contributed by atoms with E-state index in [4.69, 9.17) is 0 Å². The van der Waals surface area contributed by atoms with E-state index in [1.807, 2.05) is 12.3 Å². The Kier molecular flexibility index (Phi) is 1.61. The first kappa shape index (κ1) is 7.35. The molecule has 1 N–H and O–H groups in total. The summed E-state index contributed by atoms with van der Waals surface area (Å²) in [5.74, 6) is 0.504. The van der Waals surface area contributed by atoms with Crippen molar-refractivity contribution in [3.8, 4) is 0 Å². The maximum Gasteiger partial charge on any atom is 0.0882 e. The van der Waals surface area contributed by atoms with Crippen LogP contribution in [0.4, 0.5) is 0 Å². The molecule has 2 aromatic rings. The third kappa shape index (κ3) is 1.09. The number of aromatic amines is 1. The van der Waals surface area contributed by atoms with E-state index >= 15 is 0 Å². The molecule has 2 heteroatoms. The van der Waals surface area contributed by atoms with Gasteiger partial charge in [-0.15, -0.1) is 0 Å². The maximum absolute atomic E-state index is 4.50. The summed E-state index contributed by atoms with van der Waals surface area (Å²) in [7, 11) is 0. The molecule has 0 unspecified atom stereocenters. The highest BCUT2D eigenvalue weighted by Crippen LogP contribution is 2.15. The van der Waals surface area contributed by atoms with E-state index < -0.39 is 0 Å². The fraction of sp³-hybridized carbons (Fsp3) is 0.300. The predicted molar refractivity (Wildman–Crippen MR) is 50.2 cm³/mol. The van der Waals surface area contributed by atoms with E-state index in [-0.39, 0.29) is 0 Å². The number of nitrogens with one attached hydrogen (secondary N) is 1. The first-order valence-corrected chi connectivity index (χ1v) is 4.21. The van der Waals surface area contributed by atoms with Crippen LogP contribution in [0, 0.1) is 0 Å². The van der Waals surface area contributed by atoms with Crippen LogP contribution in [-0.2, 0) is 0 Å². The van der Waals surface area contributed by atoms with Gasteiger partial charge < -0.3 is 4.98 Å². The van der Waals surface area contributed by atoms with E-state index in [2.05, 4.69) is 35.9 Å². The van der Waals surface area contributed by atoms with Crippen LogP contribution in [0.1, 0.15) is 25.5 Å². The summed E-state index contributed by atoms with van der Waals surface area (Å²) in [5, 5.41) is 0. The highest BCUT2D eigenvalue weighted by molar-refractivity contribution is 5.74. The molecule has 0 amide bonds. The number of nitrogens with zero attached hydrogens (tertiary/aromatic N) is 1. The van der Waals surface area contributed by atoms with E-state index in [0.717, 1.165) is 16.7 Å². The molecular formula is C10H12N2. The summed E-state index contributed by atoms with van der Waals surface area (Å²) in [4.78, 5) is 7.63. The third-order valence-corrected chi connectivity index (χ3v) is 2.02. The Hall–Kier alpha value is -1.31. The number of hydrogen-bond donors (Lipinski definition) is 1. The van der Waals surface area contributed by atoms with Gasteiger partial charge >= 0.3 is 0 Å². The molecule has 0 aromatic carbocycles. The zero-order chi connectivity index (χ0) is 8.55. The molecule has 0 radical (unpaired) electrons. The lowest BCUT2D eigenvalue weighted by Gasteiger charge is -2.02. The molecule has 0 fully saturated rings. The van der Waals surface area contributed by atoms with Gasteiger partial charge in [-0.05, 0) is 24.1 Å². The third-order valence-electron chi connectivity index (χ3n) is 2.02. The van der Waals surface area contributed by atoms with Gasteiger partial charge in [-0.2, -0.15) is 0 Å². The largest absolute Gasteiger partial charge is 0.360 e. The van der Waals surface area contributed by atoms with Gasteiger partial charge in [-0.1, -0.05) is 13.8 Å². The molecule has 0 aliphatic heterocycles. The van der Waals surface area contributed by atoms with Gasteiger partial charge in [0.2, 0.25) is 0 Å². The minimum Gasteiger partial charge on any atom is -0.360 e. The standard InChI is InChI=1S/C10H12N2/c1-7(2)8-3-4-9-10(12-8)5-6-11-9/h3-7,11H,1-2H3. The highest BCUT2D eigenvalue weighted by atomic mass is 14.8. The average Bonchev–Trinajstić information content (AvgIpc) is 2.49. The lowest BCUT2D eigenvalue weighted by molar-refractivity contribution is 0.830. The van der Waals surface area contributed by atoms with Crippen LogP contribution in [0.5, 0.6) is 0 Å². The first-order valence-electron chi connectivity index (χ1n) is 4.21. The van der Waals surface area contributed by atoms with Crippen LogP contribution in [0.15, 0.2) is 24.4 Å². The van der Waals surface area contributed by atoms with Gasteiger partial charge in [0.15, 0.2) is 0 Å². The van der Waals surface area contributed by atoms with Crippen LogP contribution in [-0.4, -0.2) is 9.97 Å². The Morgan fingerprint density at radius 2 is 2.08 bits per heavy atom. The molecule has 2 heterocycles. The summed E-state index contributed by atoms with van der Waals surface area (Å²) < 4.78 is 0. The molecule has 0 atom stereocenters. The molecule has 0 aliphatic rings. The fourth-order valence-electron chi connectivity index (χ4n) is 1.27. The van der Waals surface area contributed by atoms with Gasteiger partial charge in [0.05, 0.1) is 11.0 Å². The van der Waals surface area contributed by atoms with Crippen LogP contribution in [0.3, 0.4) is 0 Å². The van der Waals surface area contributed by atoms with Crippen LogP contribution < -0.4 is 0 Å². The molecule has 0 aliphatic carbocycles. The molecule has 0 saturated carbocycles. The van der Waals surface area contributed by atoms with E-state index in [9.17, 15) is 0 Å². The predicted octanol–water partition coefficient (Wildman–Crippen LogP) is 2.69. The first-order chi connectivity index (χ1) is 5.77. The summed E-state index contributed by atoms with van der Waals surface area (Å²) in [6.07, 6.45) is 1.92.